The first-order chi connectivity index (χ1) is 75.8. The van der Waals surface area contributed by atoms with Crippen molar-refractivity contribution in [2.45, 2.75) is 194 Å². The van der Waals surface area contributed by atoms with Gasteiger partial charge in [0.05, 0.1) is 69.3 Å². The zero-order valence-corrected chi connectivity index (χ0v) is 84.6. The van der Waals surface area contributed by atoms with Crippen LogP contribution in [0.25, 0.3) is 112 Å². The predicted molar refractivity (Wildman–Crippen MR) is 571 cm³/mol. The van der Waals surface area contributed by atoms with E-state index in [2.05, 4.69) is 137 Å². The summed E-state index contributed by atoms with van der Waals surface area (Å²) in [5.41, 5.74) is 36.7. The predicted octanol–water partition coefficient (Wildman–Crippen LogP) is 22.9. The molecule has 682 valence electrons. The number of aryl methyl sites for hydroxylation is 12. The van der Waals surface area contributed by atoms with Crippen LogP contribution >= 0.6 is 0 Å². The highest BCUT2D eigenvalue weighted by molar-refractivity contribution is 7.06. The lowest BCUT2D eigenvalue weighted by atomic mass is 9.93. The first kappa shape index (κ1) is 67.3. The Morgan fingerprint density at radius 3 is 1.09 bits per heavy atom. The standard InChI is InChI=1S/3C26H29N2Si.2C23H21N2/c1-16(2)20-12-18(4)28(5)23(14-20)25-17(3)8-10-22-21-11-9-19(15-27)13-24(21)29(6,7)26(22)25;1-16(2)20-12-18(4)28(5)23(14-20)25-17(3)8-10-21-22-13-19(15-27)9-11-24(22)29(6,7)26(21)25;1-16(2)20-13-18(4)28(5)22(14-20)24-17(3)11-12-21-25-19(15-27)9-8-10-23(25)29(6,7)26(21)24;1-14-9-16(3)25(4)22(10-14)23-15(2)5-7-20-19-8-6-17(13-24)11-18(19)12-21(20)23;1-14-10-16(3)25(4)22(11-14)23-15(2)8-9-19-18-7-5-6-17(13-24)20(18)12-21(19)23/h3*8-14,16H,1-7H3;2*5-11H,12H2,1-4H3/q5*+1/i3*1D3,2D3,16D;2*1D3. The molecule has 15 aromatic rings. The quantitative estimate of drug-likeness (QED) is 0.110. The molecule has 0 saturated carbocycles. The minimum absolute atomic E-state index is 0.0492. The number of benzene rings is 10. The second-order valence-electron chi connectivity index (χ2n) is 38.6. The molecule has 137 heavy (non-hydrogen) atoms. The molecule has 3 aliphatic heterocycles. The van der Waals surface area contributed by atoms with Gasteiger partial charge in [0.15, 0.2) is 28.5 Å². The molecule has 10 nitrogen and oxygen atoms in total. The van der Waals surface area contributed by atoms with Gasteiger partial charge in [-0.15, -0.1) is 0 Å². The Morgan fingerprint density at radius 2 is 0.635 bits per heavy atom. The molecule has 10 aromatic carbocycles. The van der Waals surface area contributed by atoms with Crippen molar-refractivity contribution in [3.8, 4) is 142 Å². The summed E-state index contributed by atoms with van der Waals surface area (Å²) in [6.07, 6.45) is 1.43. The maximum absolute atomic E-state index is 9.83. The number of nitrogens with zero attached hydrogens (tertiary/aromatic N) is 10. The van der Waals surface area contributed by atoms with Gasteiger partial charge in [-0.2, -0.15) is 49.1 Å². The Labute approximate surface area is 855 Å². The van der Waals surface area contributed by atoms with Crippen molar-refractivity contribution in [2.75, 3.05) is 0 Å². The van der Waals surface area contributed by atoms with E-state index in [1.807, 2.05) is 191 Å². The van der Waals surface area contributed by atoms with Gasteiger partial charge in [0, 0.05) is 155 Å². The third kappa shape index (κ3) is 16.8. The summed E-state index contributed by atoms with van der Waals surface area (Å²) in [5.74, 6) is -8.35. The van der Waals surface area contributed by atoms with E-state index >= 15 is 0 Å². The van der Waals surface area contributed by atoms with Crippen LogP contribution in [0.4, 0.5) is 0 Å². The molecule has 0 bridgehead atoms. The molecule has 5 aliphatic rings. The average molecular weight is 1870 g/mol. The van der Waals surface area contributed by atoms with Crippen molar-refractivity contribution < 1.29 is 59.8 Å². The van der Waals surface area contributed by atoms with Crippen LogP contribution in [0.1, 0.15) is 230 Å². The highest BCUT2D eigenvalue weighted by atomic mass is 28.3. The molecule has 5 aromatic heterocycles. The van der Waals surface area contributed by atoms with Gasteiger partial charge in [0.2, 0.25) is 28.5 Å². The molecule has 0 atom stereocenters. The van der Waals surface area contributed by atoms with E-state index in [9.17, 15) is 26.3 Å². The Morgan fingerprint density at radius 1 is 0.285 bits per heavy atom. The lowest BCUT2D eigenvalue weighted by Crippen LogP contribution is -2.51. The van der Waals surface area contributed by atoms with E-state index in [1.54, 1.807) is 63.2 Å². The third-order valence-electron chi connectivity index (χ3n) is 29.2. The van der Waals surface area contributed by atoms with Crippen LogP contribution in [-0.4, -0.2) is 24.2 Å². The molecule has 0 N–H and O–H groups in total. The summed E-state index contributed by atoms with van der Waals surface area (Å²) < 4.78 is 227. The summed E-state index contributed by atoms with van der Waals surface area (Å²) in [6.45, 7) is 10.1. The second kappa shape index (κ2) is 36.9. The summed E-state index contributed by atoms with van der Waals surface area (Å²) in [4.78, 5) is 0. The van der Waals surface area contributed by atoms with Crippen LogP contribution in [0.2, 0.25) is 39.3 Å². The minimum atomic E-state index is -3.07. The molecule has 0 unspecified atom stereocenters. The SMILES string of the molecule is [2H]C([2H])([2H])C([2H])(c1cc(C)[n+](C)c(-c2c(C)ccc3c2[Si](C)(C)c2cc(C#N)ccc2-3)c1)C([2H])([2H])[2H].[2H]C([2H])([2H])C([2H])(c1cc(C)[n+](C)c(-c2c(C)ccc3c2[Si](C)(C)c2ccc(C#N)cc2-3)c1)C([2H])([2H])[2H].[2H]C([2H])([2H])C([2H])(c1cc(C)[n+](C)c(-c2c(C)ccc3c2[Si](C)(C)c2cccc(C#N)c2-3)c1)C([2H])([2H])[2H].[2H]C([2H])([2H])c1cc(C)[n+](C)c(-c2c(C)ccc3c2Cc2c(C#N)cccc2-3)c1.[2H]C([2H])([2H])c1cc(C)[n+](C)c(-c2c(C)ccc3c2Cc2cc(C#N)ccc2-3)c1. The van der Waals surface area contributed by atoms with Gasteiger partial charge < -0.3 is 0 Å². The lowest BCUT2D eigenvalue weighted by Gasteiger charge is -2.23. The topological polar surface area (TPSA) is 138 Å². The molecule has 20 rings (SSSR count). The maximum atomic E-state index is 9.83. The Hall–Kier alpha value is -13.9. The van der Waals surface area contributed by atoms with Gasteiger partial charge in [0.1, 0.15) is 59.5 Å². The molecular formula is C124H129N10Si3+5. The summed E-state index contributed by atoms with van der Waals surface area (Å²) >= 11 is 0. The van der Waals surface area contributed by atoms with E-state index in [-0.39, 0.29) is 16.7 Å². The first-order valence-electron chi connectivity index (χ1n) is 59.3. The van der Waals surface area contributed by atoms with Gasteiger partial charge in [-0.05, 0) is 286 Å². The van der Waals surface area contributed by atoms with Crippen molar-refractivity contribution >= 4 is 55.3 Å². The van der Waals surface area contributed by atoms with Gasteiger partial charge >= 0.3 is 0 Å². The molecular weight excluding hydrogens is 1710 g/mol. The Kier molecular flexibility index (Phi) is 18.1. The molecule has 0 fully saturated rings. The monoisotopic (exact) mass is 1870 g/mol. The lowest BCUT2D eigenvalue weighted by molar-refractivity contribution is -0.666. The van der Waals surface area contributed by atoms with Crippen LogP contribution in [-0.2, 0) is 48.1 Å². The van der Waals surface area contributed by atoms with Crippen molar-refractivity contribution in [1.29, 1.82) is 26.3 Å². The second-order valence-corrected chi connectivity index (χ2v) is 51.5. The van der Waals surface area contributed by atoms with Crippen molar-refractivity contribution in [2.24, 2.45) is 35.2 Å². The minimum Gasteiger partial charge on any atom is -0.199 e. The number of fused-ring (bicyclic) bond motifs is 15. The molecule has 13 heteroatoms. The first-order valence-corrected chi connectivity index (χ1v) is 54.8. The third-order valence-corrected chi connectivity index (χ3v) is 39.8. The van der Waals surface area contributed by atoms with Gasteiger partial charge in [0.25, 0.3) is 0 Å². The fraction of sp³-hybridized carbons (Fsp3) is 0.274. The van der Waals surface area contributed by atoms with E-state index in [4.69, 9.17) is 37.0 Å². The molecule has 8 heterocycles. The highest BCUT2D eigenvalue weighted by Gasteiger charge is 2.46. The smallest absolute Gasteiger partial charge is 0.199 e. The summed E-state index contributed by atoms with van der Waals surface area (Å²) in [7, 11) is 2.70. The number of hydrogen-bond donors (Lipinski definition) is 0. The van der Waals surface area contributed by atoms with Crippen molar-refractivity contribution in [1.82, 2.24) is 0 Å². The van der Waals surface area contributed by atoms with Crippen molar-refractivity contribution in [3.05, 3.63) is 346 Å². The van der Waals surface area contributed by atoms with Crippen LogP contribution in [0, 0.1) is 140 Å². The van der Waals surface area contributed by atoms with E-state index in [0.29, 0.717) is 79.5 Å². The Balaban J connectivity index is 0.000000144. The number of rotatable bonds is 8. The molecule has 0 radical (unpaired) electrons. The van der Waals surface area contributed by atoms with Crippen LogP contribution in [0.15, 0.2) is 212 Å². The zero-order chi connectivity index (χ0) is 121. The van der Waals surface area contributed by atoms with Gasteiger partial charge in [-0.1, -0.05) is 184 Å². The molecule has 2 aliphatic carbocycles. The van der Waals surface area contributed by atoms with Crippen LogP contribution in [0.3, 0.4) is 0 Å². The normalized spacial score (nSPS) is 17.0. The average Bonchev–Trinajstić information content (AvgIpc) is 1.44. The fourth-order valence-corrected chi connectivity index (χ4v) is 32.2. The van der Waals surface area contributed by atoms with E-state index < -0.39 is 96.7 Å². The van der Waals surface area contributed by atoms with Crippen LogP contribution in [0.5, 0.6) is 0 Å². The van der Waals surface area contributed by atoms with Gasteiger partial charge in [-0.3, -0.25) is 0 Å². The molecule has 0 spiro atoms. The fourth-order valence-electron chi connectivity index (χ4n) is 21.6. The van der Waals surface area contributed by atoms with Gasteiger partial charge in [-0.25, -0.2) is 0 Å². The summed E-state index contributed by atoms with van der Waals surface area (Å²) in [6, 6.07) is 77.4. The van der Waals surface area contributed by atoms with Crippen molar-refractivity contribution in [3.63, 3.8) is 0 Å². The number of hydrogen-bond acceptors (Lipinski definition) is 5. The number of aromatic nitrogens is 5. The zero-order valence-electron chi connectivity index (χ0n) is 109. The maximum Gasteiger partial charge on any atom is 0.213 e. The number of nitriles is 5. The summed E-state index contributed by atoms with van der Waals surface area (Å²) in [5, 5.41) is 54.6. The molecule has 0 amide bonds. The van der Waals surface area contributed by atoms with E-state index in [1.165, 1.54) is 39.3 Å². The van der Waals surface area contributed by atoms with E-state index in [0.717, 1.165) is 173 Å². The van der Waals surface area contributed by atoms with Crippen LogP contribution < -0.4 is 54.0 Å². The molecule has 0 saturated heterocycles. The highest BCUT2D eigenvalue weighted by Crippen LogP contribution is 2.47. The Bertz CT molecular complexity index is 9030. The largest absolute Gasteiger partial charge is 0.213 e. The number of pyridine rings is 5.